The molecule has 0 bridgehead atoms. The molecule has 8 nitrogen and oxygen atoms in total. The molecule has 2 heterocycles. The van der Waals surface area contributed by atoms with Crippen molar-refractivity contribution in [2.75, 3.05) is 44.7 Å². The van der Waals surface area contributed by atoms with Crippen LogP contribution >= 0.6 is 11.3 Å². The van der Waals surface area contributed by atoms with E-state index in [2.05, 4.69) is 20.5 Å². The van der Waals surface area contributed by atoms with Gasteiger partial charge in [-0.1, -0.05) is 23.5 Å². The van der Waals surface area contributed by atoms with Gasteiger partial charge in [0, 0.05) is 38.0 Å². The molecular formula is C24H30N4O4S. The smallest absolute Gasteiger partial charge is 0.257 e. The molecule has 1 aromatic heterocycles. The van der Waals surface area contributed by atoms with Gasteiger partial charge in [-0.15, -0.1) is 0 Å². The van der Waals surface area contributed by atoms with Crippen LogP contribution in [0.3, 0.4) is 0 Å². The summed E-state index contributed by atoms with van der Waals surface area (Å²) in [6.07, 6.45) is 1.45. The second-order valence-corrected chi connectivity index (χ2v) is 9.62. The van der Waals surface area contributed by atoms with E-state index < -0.39 is 5.92 Å². The quantitative estimate of drug-likeness (QED) is 0.604. The number of nitrogens with zero attached hydrogens (tertiary/aromatic N) is 2. The molecule has 1 fully saturated rings. The highest BCUT2D eigenvalue weighted by atomic mass is 32.1. The summed E-state index contributed by atoms with van der Waals surface area (Å²) in [5.41, 5.74) is 3.14. The molecule has 1 aliphatic heterocycles. The van der Waals surface area contributed by atoms with E-state index in [1.165, 1.54) is 11.3 Å². The number of fused-ring (bicyclic) bond motifs is 1. The van der Waals surface area contributed by atoms with E-state index in [4.69, 9.17) is 4.74 Å². The van der Waals surface area contributed by atoms with Gasteiger partial charge in [-0.3, -0.25) is 24.6 Å². The number of thiazole rings is 1. The summed E-state index contributed by atoms with van der Waals surface area (Å²) in [6.45, 7) is 8.76. The number of ether oxygens (including phenoxy) is 1. The third-order valence-corrected chi connectivity index (χ3v) is 7.37. The zero-order valence-corrected chi connectivity index (χ0v) is 19.9. The Labute approximate surface area is 197 Å². The van der Waals surface area contributed by atoms with Gasteiger partial charge in [0.2, 0.25) is 5.91 Å². The molecule has 1 saturated heterocycles. The lowest BCUT2D eigenvalue weighted by Crippen LogP contribution is -2.39. The Bertz CT molecular complexity index is 1050. The number of carbonyl (C=O) groups is 3. The van der Waals surface area contributed by atoms with E-state index in [0.29, 0.717) is 34.2 Å². The molecule has 1 aliphatic carbocycles. The molecule has 2 amide bonds. The standard InChI is InChI=1S/C24H30N4O4S/c1-15-5-3-6-18(16(15)2)23(31)27-24-26-19-13-17(14-20(29)21(19)33-24)22(30)25-7-4-8-28-9-11-32-12-10-28/h3,5-6,17H,4,7-14H2,1-2H3,(H,25,30)(H,26,27,31)/t17-/m0/s1. The number of benzene rings is 1. The van der Waals surface area contributed by atoms with Crippen LogP contribution in [0.4, 0.5) is 5.13 Å². The number of amides is 2. The summed E-state index contributed by atoms with van der Waals surface area (Å²) < 4.78 is 5.35. The normalized spacial score (nSPS) is 18.6. The van der Waals surface area contributed by atoms with Gasteiger partial charge in [0.15, 0.2) is 10.9 Å². The number of anilines is 1. The lowest BCUT2D eigenvalue weighted by Gasteiger charge is -2.26. The Kier molecular flexibility index (Phi) is 7.52. The number of ketones is 1. The second kappa shape index (κ2) is 10.5. The monoisotopic (exact) mass is 470 g/mol. The minimum absolute atomic E-state index is 0.0885. The molecule has 2 aliphatic rings. The SMILES string of the molecule is Cc1cccc(C(=O)Nc2nc3c(s2)C(=O)C[C@@H](C(=O)NCCCN2CCOCC2)C3)c1C. The van der Waals surface area contributed by atoms with E-state index in [9.17, 15) is 14.4 Å². The summed E-state index contributed by atoms with van der Waals surface area (Å²) in [7, 11) is 0. The average Bonchev–Trinajstić information content (AvgIpc) is 3.22. The second-order valence-electron chi connectivity index (χ2n) is 8.62. The zero-order chi connectivity index (χ0) is 23.4. The molecule has 2 aromatic rings. The summed E-state index contributed by atoms with van der Waals surface area (Å²) in [5, 5.41) is 6.19. The van der Waals surface area contributed by atoms with Gasteiger partial charge < -0.3 is 10.1 Å². The van der Waals surface area contributed by atoms with Crippen molar-refractivity contribution in [1.82, 2.24) is 15.2 Å². The summed E-state index contributed by atoms with van der Waals surface area (Å²) >= 11 is 1.19. The Morgan fingerprint density at radius 1 is 1.21 bits per heavy atom. The molecule has 1 aromatic carbocycles. The Hall–Kier alpha value is -2.62. The third kappa shape index (κ3) is 5.66. The highest BCUT2D eigenvalue weighted by Gasteiger charge is 2.33. The number of Topliss-reactive ketones (excluding diaryl/α,β-unsaturated/α-hetero) is 1. The number of nitrogens with one attached hydrogen (secondary N) is 2. The maximum absolute atomic E-state index is 12.7. The molecule has 33 heavy (non-hydrogen) atoms. The van der Waals surface area contributed by atoms with Crippen LogP contribution in [-0.4, -0.2) is 66.9 Å². The van der Waals surface area contributed by atoms with Crippen LogP contribution in [0.25, 0.3) is 0 Å². The third-order valence-electron chi connectivity index (χ3n) is 6.32. The molecule has 9 heteroatoms. The zero-order valence-electron chi connectivity index (χ0n) is 19.1. The fraction of sp³-hybridized carbons (Fsp3) is 0.500. The first kappa shape index (κ1) is 23.5. The van der Waals surface area contributed by atoms with E-state index >= 15 is 0 Å². The summed E-state index contributed by atoms with van der Waals surface area (Å²) in [5.74, 6) is -0.859. The molecule has 0 unspecified atom stereocenters. The van der Waals surface area contributed by atoms with Crippen molar-refractivity contribution in [1.29, 1.82) is 0 Å². The van der Waals surface area contributed by atoms with Crippen LogP contribution in [0.1, 0.15) is 49.7 Å². The predicted octanol–water partition coefficient (Wildman–Crippen LogP) is 2.60. The minimum Gasteiger partial charge on any atom is -0.379 e. The van der Waals surface area contributed by atoms with Crippen molar-refractivity contribution < 1.29 is 19.1 Å². The Morgan fingerprint density at radius 2 is 2.00 bits per heavy atom. The van der Waals surface area contributed by atoms with Crippen LogP contribution in [-0.2, 0) is 16.0 Å². The number of aromatic nitrogens is 1. The van der Waals surface area contributed by atoms with Gasteiger partial charge in [-0.05, 0) is 44.0 Å². The van der Waals surface area contributed by atoms with E-state index in [1.807, 2.05) is 26.0 Å². The van der Waals surface area contributed by atoms with Gasteiger partial charge in [-0.2, -0.15) is 0 Å². The Balaban J connectivity index is 1.32. The van der Waals surface area contributed by atoms with Crippen molar-refractivity contribution in [3.63, 3.8) is 0 Å². The fourth-order valence-corrected chi connectivity index (χ4v) is 5.15. The van der Waals surface area contributed by atoms with Gasteiger partial charge in [0.25, 0.3) is 5.91 Å². The molecule has 0 spiro atoms. The molecule has 4 rings (SSSR count). The van der Waals surface area contributed by atoms with Crippen LogP contribution in [0.15, 0.2) is 18.2 Å². The van der Waals surface area contributed by atoms with Crippen molar-refractivity contribution in [2.24, 2.45) is 5.92 Å². The first-order chi connectivity index (χ1) is 15.9. The highest BCUT2D eigenvalue weighted by Crippen LogP contribution is 2.32. The molecular weight excluding hydrogens is 440 g/mol. The van der Waals surface area contributed by atoms with Crippen molar-refractivity contribution in [3.8, 4) is 0 Å². The Morgan fingerprint density at radius 3 is 2.79 bits per heavy atom. The summed E-state index contributed by atoms with van der Waals surface area (Å²) in [4.78, 5) is 45.4. The van der Waals surface area contributed by atoms with E-state index in [0.717, 1.165) is 50.4 Å². The molecule has 0 saturated carbocycles. The van der Waals surface area contributed by atoms with Crippen LogP contribution in [0.5, 0.6) is 0 Å². The topological polar surface area (TPSA) is 101 Å². The highest BCUT2D eigenvalue weighted by molar-refractivity contribution is 7.17. The number of aryl methyl sites for hydroxylation is 1. The van der Waals surface area contributed by atoms with E-state index in [-0.39, 0.29) is 24.0 Å². The van der Waals surface area contributed by atoms with Gasteiger partial charge in [0.05, 0.1) is 29.7 Å². The molecule has 0 radical (unpaired) electrons. The fourth-order valence-electron chi connectivity index (χ4n) is 4.21. The first-order valence-corrected chi connectivity index (χ1v) is 12.2. The van der Waals surface area contributed by atoms with Gasteiger partial charge in [-0.25, -0.2) is 4.98 Å². The average molecular weight is 471 g/mol. The maximum atomic E-state index is 12.7. The number of hydrogen-bond acceptors (Lipinski definition) is 7. The largest absolute Gasteiger partial charge is 0.379 e. The maximum Gasteiger partial charge on any atom is 0.257 e. The van der Waals surface area contributed by atoms with Crippen molar-refractivity contribution in [2.45, 2.75) is 33.1 Å². The molecule has 1 atom stereocenters. The van der Waals surface area contributed by atoms with Gasteiger partial charge >= 0.3 is 0 Å². The lowest BCUT2D eigenvalue weighted by molar-refractivity contribution is -0.125. The number of rotatable bonds is 7. The minimum atomic E-state index is -0.418. The van der Waals surface area contributed by atoms with Crippen molar-refractivity contribution >= 4 is 34.1 Å². The number of carbonyl (C=O) groups excluding carboxylic acids is 3. The van der Waals surface area contributed by atoms with Crippen molar-refractivity contribution in [3.05, 3.63) is 45.5 Å². The predicted molar refractivity (Wildman–Crippen MR) is 127 cm³/mol. The van der Waals surface area contributed by atoms with Crippen LogP contribution in [0.2, 0.25) is 0 Å². The number of morpholine rings is 1. The number of hydrogen-bond donors (Lipinski definition) is 2. The van der Waals surface area contributed by atoms with Crippen LogP contribution < -0.4 is 10.6 Å². The summed E-state index contributed by atoms with van der Waals surface area (Å²) in [6, 6.07) is 5.58. The van der Waals surface area contributed by atoms with Gasteiger partial charge in [0.1, 0.15) is 0 Å². The van der Waals surface area contributed by atoms with E-state index in [1.54, 1.807) is 6.07 Å². The molecule has 2 N–H and O–H groups in total. The van der Waals surface area contributed by atoms with Crippen LogP contribution in [0, 0.1) is 19.8 Å². The molecule has 176 valence electrons. The lowest BCUT2D eigenvalue weighted by atomic mass is 9.89. The first-order valence-electron chi connectivity index (χ1n) is 11.4.